The van der Waals surface area contributed by atoms with Crippen molar-refractivity contribution >= 4 is 37.2 Å². The van der Waals surface area contributed by atoms with Crippen molar-refractivity contribution in [1.82, 2.24) is 8.61 Å². The molecule has 0 radical (unpaired) electrons. The van der Waals surface area contributed by atoms with E-state index in [2.05, 4.69) is 25.6 Å². The first kappa shape index (κ1) is 8.01. The van der Waals surface area contributed by atoms with E-state index in [1.807, 2.05) is 11.2 Å². The fraction of sp³-hybridized carbons (Fsp3) is 1.00. The van der Waals surface area contributed by atoms with Crippen LogP contribution in [-0.4, -0.2) is 26.8 Å². The predicted molar refractivity (Wildman–Crippen MR) is 45.6 cm³/mol. The molecule has 0 aliphatic carbocycles. The molecule has 54 valence electrons. The van der Waals surface area contributed by atoms with Crippen LogP contribution in [0.15, 0.2) is 0 Å². The van der Waals surface area contributed by atoms with E-state index >= 15 is 0 Å². The first-order chi connectivity index (χ1) is 4.13. The summed E-state index contributed by atoms with van der Waals surface area (Å²) in [6.45, 7) is 2.76. The van der Waals surface area contributed by atoms with Crippen LogP contribution in [0.25, 0.3) is 0 Å². The number of nitrogens with zero attached hydrogens (tertiary/aromatic N) is 2. The number of thiol groups is 2. The highest BCUT2D eigenvalue weighted by atomic mass is 35.5. The van der Waals surface area contributed by atoms with Gasteiger partial charge in [0.1, 0.15) is 5.50 Å². The van der Waals surface area contributed by atoms with E-state index in [9.17, 15) is 0 Å². The molecule has 1 heterocycles. The van der Waals surface area contributed by atoms with Crippen LogP contribution >= 0.6 is 37.2 Å². The smallest absolute Gasteiger partial charge is 0.109 e. The second kappa shape index (κ2) is 2.88. The van der Waals surface area contributed by atoms with E-state index in [1.54, 1.807) is 4.31 Å². The highest BCUT2D eigenvalue weighted by molar-refractivity contribution is 7.78. The van der Waals surface area contributed by atoms with Crippen molar-refractivity contribution in [3.05, 3.63) is 0 Å². The van der Waals surface area contributed by atoms with Crippen LogP contribution in [0.4, 0.5) is 0 Å². The van der Waals surface area contributed by atoms with Crippen LogP contribution < -0.4 is 0 Å². The monoisotopic (exact) mass is 184 g/mol. The van der Waals surface area contributed by atoms with Crippen molar-refractivity contribution in [3.63, 3.8) is 0 Å². The lowest BCUT2D eigenvalue weighted by molar-refractivity contribution is 0.353. The molecule has 0 amide bonds. The van der Waals surface area contributed by atoms with Gasteiger partial charge in [0.05, 0.1) is 6.17 Å². The molecule has 1 aliphatic rings. The van der Waals surface area contributed by atoms with Crippen molar-refractivity contribution in [2.24, 2.45) is 0 Å². The average molecular weight is 185 g/mol. The normalized spacial score (nSPS) is 40.0. The van der Waals surface area contributed by atoms with E-state index < -0.39 is 0 Å². The summed E-state index contributed by atoms with van der Waals surface area (Å²) < 4.78 is 3.62. The summed E-state index contributed by atoms with van der Waals surface area (Å²) in [5.41, 5.74) is -0.0131. The number of rotatable bonds is 0. The molecule has 2 atom stereocenters. The first-order valence-electron chi connectivity index (χ1n) is 2.69. The molecule has 0 aromatic rings. The average Bonchev–Trinajstić information content (AvgIpc) is 1.98. The van der Waals surface area contributed by atoms with Gasteiger partial charge < -0.3 is 0 Å². The van der Waals surface area contributed by atoms with E-state index in [1.165, 1.54) is 0 Å². The van der Waals surface area contributed by atoms with Gasteiger partial charge in [-0.05, 0) is 6.92 Å². The molecule has 0 N–H and O–H groups in total. The van der Waals surface area contributed by atoms with Gasteiger partial charge in [0, 0.05) is 6.54 Å². The van der Waals surface area contributed by atoms with Gasteiger partial charge in [-0.15, -0.1) is 11.6 Å². The molecule has 5 heteroatoms. The highest BCUT2D eigenvalue weighted by Gasteiger charge is 2.31. The minimum atomic E-state index is -0.0131. The third kappa shape index (κ3) is 1.49. The maximum absolute atomic E-state index is 5.81. The van der Waals surface area contributed by atoms with Crippen molar-refractivity contribution in [3.8, 4) is 0 Å². The molecule has 1 aliphatic heterocycles. The quantitative estimate of drug-likeness (QED) is 0.332. The summed E-state index contributed by atoms with van der Waals surface area (Å²) in [6.07, 6.45) is 0.221. The maximum Gasteiger partial charge on any atom is 0.109 e. The fourth-order valence-corrected chi connectivity index (χ4v) is 1.71. The third-order valence-electron chi connectivity index (χ3n) is 1.44. The number of halogens is 1. The lowest BCUT2D eigenvalue weighted by Crippen LogP contribution is -2.25. The van der Waals surface area contributed by atoms with Gasteiger partial charge in [-0.1, -0.05) is 25.6 Å². The Balaban J connectivity index is 2.54. The molecule has 0 bridgehead atoms. The van der Waals surface area contributed by atoms with Crippen LogP contribution in [0.5, 0.6) is 0 Å². The van der Waals surface area contributed by atoms with Crippen LogP contribution in [0.1, 0.15) is 6.92 Å². The lowest BCUT2D eigenvalue weighted by atomic mass is 10.6. The van der Waals surface area contributed by atoms with Gasteiger partial charge >= 0.3 is 0 Å². The van der Waals surface area contributed by atoms with Gasteiger partial charge in [-0.2, -0.15) is 0 Å². The van der Waals surface area contributed by atoms with E-state index in [-0.39, 0.29) is 11.7 Å². The van der Waals surface area contributed by atoms with Crippen molar-refractivity contribution in [1.29, 1.82) is 0 Å². The lowest BCUT2D eigenvalue weighted by Gasteiger charge is -2.17. The zero-order valence-electron chi connectivity index (χ0n) is 5.03. The standard InChI is InChI=1S/C4H9ClN2S2/c1-3-6(8)2-4(5)7(3)9/h3-4,8-9H,2H2,1H3. The van der Waals surface area contributed by atoms with Crippen molar-refractivity contribution < 1.29 is 0 Å². The molecular weight excluding hydrogens is 176 g/mol. The Hall–Kier alpha value is 0.910. The van der Waals surface area contributed by atoms with E-state index in [4.69, 9.17) is 11.6 Å². The number of hydrogen-bond acceptors (Lipinski definition) is 4. The Morgan fingerprint density at radius 1 is 1.56 bits per heavy atom. The van der Waals surface area contributed by atoms with Crippen LogP contribution in [0.3, 0.4) is 0 Å². The zero-order valence-corrected chi connectivity index (χ0v) is 7.57. The molecule has 9 heavy (non-hydrogen) atoms. The molecule has 0 spiro atoms. The summed E-state index contributed by atoms with van der Waals surface area (Å²) in [5.74, 6) is 0. The summed E-state index contributed by atoms with van der Waals surface area (Å²) in [7, 11) is 0. The molecule has 0 aromatic heterocycles. The summed E-state index contributed by atoms with van der Waals surface area (Å²) in [5, 5.41) is 0. The van der Waals surface area contributed by atoms with Crippen LogP contribution in [0.2, 0.25) is 0 Å². The minimum absolute atomic E-state index is 0.0131. The molecule has 1 saturated heterocycles. The number of hydrogen-bond donors (Lipinski definition) is 2. The maximum atomic E-state index is 5.81. The summed E-state index contributed by atoms with van der Waals surface area (Å²) >= 11 is 14.1. The summed E-state index contributed by atoms with van der Waals surface area (Å²) in [4.78, 5) is 0. The molecule has 2 nitrogen and oxygen atoms in total. The largest absolute Gasteiger partial charge is 0.233 e. The van der Waals surface area contributed by atoms with Crippen LogP contribution in [-0.2, 0) is 0 Å². The predicted octanol–water partition coefficient (Wildman–Crippen LogP) is 1.20. The first-order valence-corrected chi connectivity index (χ1v) is 3.93. The number of alkyl halides is 1. The van der Waals surface area contributed by atoms with E-state index in [0.717, 1.165) is 6.54 Å². The summed E-state index contributed by atoms with van der Waals surface area (Å²) in [6, 6.07) is 0. The minimum Gasteiger partial charge on any atom is -0.233 e. The van der Waals surface area contributed by atoms with Crippen LogP contribution in [0, 0.1) is 0 Å². The van der Waals surface area contributed by atoms with Gasteiger partial charge in [-0.25, -0.2) is 8.61 Å². The molecule has 0 saturated carbocycles. The topological polar surface area (TPSA) is 6.48 Å². The second-order valence-electron chi connectivity index (χ2n) is 2.07. The zero-order chi connectivity index (χ0) is 7.02. The Morgan fingerprint density at radius 2 is 2.11 bits per heavy atom. The van der Waals surface area contributed by atoms with Gasteiger partial charge in [-0.3, -0.25) is 0 Å². The Morgan fingerprint density at radius 3 is 2.22 bits per heavy atom. The fourth-order valence-electron chi connectivity index (χ4n) is 0.761. The van der Waals surface area contributed by atoms with Gasteiger partial charge in [0.25, 0.3) is 0 Å². The molecule has 2 unspecified atom stereocenters. The second-order valence-corrected chi connectivity index (χ2v) is 3.55. The van der Waals surface area contributed by atoms with Gasteiger partial charge in [0.2, 0.25) is 0 Å². The third-order valence-corrected chi connectivity index (χ3v) is 3.03. The van der Waals surface area contributed by atoms with E-state index in [0.29, 0.717) is 0 Å². The Bertz CT molecular complexity index is 101. The van der Waals surface area contributed by atoms with Crippen molar-refractivity contribution in [2.45, 2.75) is 18.6 Å². The molecule has 1 rings (SSSR count). The Labute approximate surface area is 71.2 Å². The van der Waals surface area contributed by atoms with Gasteiger partial charge in [0.15, 0.2) is 0 Å². The van der Waals surface area contributed by atoms with Crippen molar-refractivity contribution in [2.75, 3.05) is 6.54 Å². The molecular formula is C4H9ClN2S2. The highest BCUT2D eigenvalue weighted by Crippen LogP contribution is 2.25. The SMILES string of the molecule is CC1N(S)CC(Cl)N1S. The Kier molecular flexibility index (Phi) is 2.56. The molecule has 1 fully saturated rings. The molecule has 0 aromatic carbocycles.